The van der Waals surface area contributed by atoms with Gasteiger partial charge >= 0.3 is 0 Å². The molecular formula is C15H24ClFN2. The van der Waals surface area contributed by atoms with Gasteiger partial charge in [0.1, 0.15) is 5.82 Å². The van der Waals surface area contributed by atoms with E-state index in [1.165, 1.54) is 11.6 Å². The van der Waals surface area contributed by atoms with E-state index in [-0.39, 0.29) is 18.2 Å². The lowest BCUT2D eigenvalue weighted by Gasteiger charge is -2.34. The fourth-order valence-corrected chi connectivity index (χ4v) is 2.69. The predicted octanol–water partition coefficient (Wildman–Crippen LogP) is 3.12. The third-order valence-electron chi connectivity index (χ3n) is 4.08. The summed E-state index contributed by atoms with van der Waals surface area (Å²) in [6, 6.07) is 5.34. The normalized spacial score (nSPS) is 18.9. The molecule has 0 aromatic heterocycles. The van der Waals surface area contributed by atoms with E-state index in [4.69, 9.17) is 5.73 Å². The van der Waals surface area contributed by atoms with Crippen LogP contribution in [0.25, 0.3) is 0 Å². The second kappa shape index (κ2) is 7.22. The van der Waals surface area contributed by atoms with Gasteiger partial charge in [-0.1, -0.05) is 6.07 Å². The maximum Gasteiger partial charge on any atom is 0.123 e. The van der Waals surface area contributed by atoms with Gasteiger partial charge in [-0.25, -0.2) is 4.39 Å². The number of rotatable bonds is 3. The van der Waals surface area contributed by atoms with Crippen molar-refractivity contribution in [1.29, 1.82) is 0 Å². The van der Waals surface area contributed by atoms with Gasteiger partial charge in [0.05, 0.1) is 0 Å². The number of piperidine rings is 1. The molecule has 1 aromatic carbocycles. The Hall–Kier alpha value is -0.640. The van der Waals surface area contributed by atoms with Gasteiger partial charge in [0.25, 0.3) is 0 Å². The zero-order valence-electron chi connectivity index (χ0n) is 11.7. The minimum atomic E-state index is -0.138. The zero-order chi connectivity index (χ0) is 13.1. The summed E-state index contributed by atoms with van der Waals surface area (Å²) in [4.78, 5) is 2.40. The molecule has 2 nitrogen and oxygen atoms in total. The first-order valence-corrected chi connectivity index (χ1v) is 6.79. The van der Waals surface area contributed by atoms with Crippen LogP contribution in [0, 0.1) is 18.7 Å². The Balaban J connectivity index is 0.00000180. The van der Waals surface area contributed by atoms with Gasteiger partial charge in [-0.3, -0.25) is 4.90 Å². The average Bonchev–Trinajstić information content (AvgIpc) is 2.34. The Kier molecular flexibility index (Phi) is 6.24. The summed E-state index contributed by atoms with van der Waals surface area (Å²) in [7, 11) is 0. The molecule has 1 unspecified atom stereocenters. The molecule has 0 aliphatic carbocycles. The molecule has 1 saturated heterocycles. The van der Waals surface area contributed by atoms with Crippen molar-refractivity contribution < 1.29 is 4.39 Å². The maximum absolute atomic E-state index is 13.2. The first kappa shape index (κ1) is 16.4. The third kappa shape index (κ3) is 4.44. The molecule has 1 heterocycles. The first-order chi connectivity index (χ1) is 8.56. The molecule has 0 spiro atoms. The number of halogens is 2. The fourth-order valence-electron chi connectivity index (χ4n) is 2.69. The number of nitrogens with two attached hydrogens (primary N) is 1. The largest absolute Gasteiger partial charge is 0.328 e. The quantitative estimate of drug-likeness (QED) is 0.925. The minimum Gasteiger partial charge on any atom is -0.328 e. The van der Waals surface area contributed by atoms with Crippen LogP contribution in [0.4, 0.5) is 4.39 Å². The van der Waals surface area contributed by atoms with E-state index in [0.717, 1.165) is 38.0 Å². The van der Waals surface area contributed by atoms with Gasteiger partial charge in [0.2, 0.25) is 0 Å². The molecule has 1 atom stereocenters. The van der Waals surface area contributed by atoms with E-state index in [1.54, 1.807) is 6.07 Å². The van der Waals surface area contributed by atoms with E-state index in [1.807, 2.05) is 13.0 Å². The molecule has 1 aliphatic heterocycles. The molecular weight excluding hydrogens is 263 g/mol. The van der Waals surface area contributed by atoms with E-state index in [0.29, 0.717) is 12.0 Å². The number of hydrogen-bond donors (Lipinski definition) is 1. The van der Waals surface area contributed by atoms with Crippen molar-refractivity contribution in [3.63, 3.8) is 0 Å². The lowest BCUT2D eigenvalue weighted by molar-refractivity contribution is 0.165. The van der Waals surface area contributed by atoms with Gasteiger partial charge in [0, 0.05) is 12.6 Å². The molecule has 0 radical (unpaired) electrons. The van der Waals surface area contributed by atoms with Crippen LogP contribution in [0.1, 0.15) is 30.9 Å². The highest BCUT2D eigenvalue weighted by atomic mass is 35.5. The Bertz CT molecular complexity index is 401. The molecule has 108 valence electrons. The van der Waals surface area contributed by atoms with Crippen molar-refractivity contribution in [2.75, 3.05) is 13.1 Å². The van der Waals surface area contributed by atoms with Crippen molar-refractivity contribution in [2.24, 2.45) is 11.7 Å². The highest BCUT2D eigenvalue weighted by Gasteiger charge is 2.22. The SMILES string of the molecule is Cc1ccc(F)cc1CN1CCC(C(C)N)CC1.Cl. The van der Waals surface area contributed by atoms with Gasteiger partial charge in [-0.2, -0.15) is 0 Å². The standard InChI is InChI=1S/C15H23FN2.ClH/c1-11-3-4-15(16)9-14(11)10-18-7-5-13(6-8-18)12(2)17;/h3-4,9,12-13H,5-8,10,17H2,1-2H3;1H. The molecule has 0 saturated carbocycles. The minimum absolute atomic E-state index is 0. The summed E-state index contributed by atoms with van der Waals surface area (Å²) >= 11 is 0. The summed E-state index contributed by atoms with van der Waals surface area (Å²) in [6.07, 6.45) is 2.32. The van der Waals surface area contributed by atoms with Crippen molar-refractivity contribution in [3.8, 4) is 0 Å². The van der Waals surface area contributed by atoms with Crippen LogP contribution < -0.4 is 5.73 Å². The van der Waals surface area contributed by atoms with E-state index < -0.39 is 0 Å². The number of aryl methyl sites for hydroxylation is 1. The lowest BCUT2D eigenvalue weighted by Crippen LogP contribution is -2.39. The molecule has 1 fully saturated rings. The highest BCUT2D eigenvalue weighted by Crippen LogP contribution is 2.22. The van der Waals surface area contributed by atoms with Gasteiger partial charge in [-0.05, 0) is 69.0 Å². The van der Waals surface area contributed by atoms with Crippen molar-refractivity contribution in [3.05, 3.63) is 35.1 Å². The van der Waals surface area contributed by atoms with Crippen molar-refractivity contribution >= 4 is 12.4 Å². The topological polar surface area (TPSA) is 29.3 Å². The molecule has 1 aliphatic rings. The third-order valence-corrected chi connectivity index (χ3v) is 4.08. The summed E-state index contributed by atoms with van der Waals surface area (Å²) in [5.74, 6) is 0.510. The van der Waals surface area contributed by atoms with E-state index in [2.05, 4.69) is 11.8 Å². The van der Waals surface area contributed by atoms with Crippen molar-refractivity contribution in [1.82, 2.24) is 4.90 Å². The zero-order valence-corrected chi connectivity index (χ0v) is 12.5. The molecule has 19 heavy (non-hydrogen) atoms. The van der Waals surface area contributed by atoms with Crippen molar-refractivity contribution in [2.45, 2.75) is 39.3 Å². The predicted molar refractivity (Wildman–Crippen MR) is 80.0 cm³/mol. The fraction of sp³-hybridized carbons (Fsp3) is 0.600. The number of hydrogen-bond acceptors (Lipinski definition) is 2. The van der Waals surface area contributed by atoms with Gasteiger partial charge < -0.3 is 5.73 Å². The monoisotopic (exact) mass is 286 g/mol. The molecule has 1 aromatic rings. The Morgan fingerprint density at radius 3 is 2.58 bits per heavy atom. The van der Waals surface area contributed by atoms with Crippen LogP contribution in [0.5, 0.6) is 0 Å². The Labute approximate surface area is 121 Å². The number of benzene rings is 1. The highest BCUT2D eigenvalue weighted by molar-refractivity contribution is 5.85. The van der Waals surface area contributed by atoms with E-state index >= 15 is 0 Å². The van der Waals surface area contributed by atoms with Crippen LogP contribution in [-0.2, 0) is 6.54 Å². The maximum atomic E-state index is 13.2. The summed E-state index contributed by atoms with van der Waals surface area (Å²) in [6.45, 7) is 7.14. The number of likely N-dealkylation sites (tertiary alicyclic amines) is 1. The summed E-state index contributed by atoms with van der Waals surface area (Å²) < 4.78 is 13.2. The first-order valence-electron chi connectivity index (χ1n) is 6.79. The molecule has 4 heteroatoms. The second-order valence-corrected chi connectivity index (χ2v) is 5.54. The lowest BCUT2D eigenvalue weighted by atomic mass is 9.90. The van der Waals surface area contributed by atoms with Crippen LogP contribution in [0.3, 0.4) is 0 Å². The number of nitrogens with zero attached hydrogens (tertiary/aromatic N) is 1. The van der Waals surface area contributed by atoms with Crippen LogP contribution >= 0.6 is 12.4 Å². The average molecular weight is 287 g/mol. The Morgan fingerprint density at radius 1 is 1.37 bits per heavy atom. The molecule has 0 bridgehead atoms. The second-order valence-electron chi connectivity index (χ2n) is 5.54. The molecule has 0 amide bonds. The van der Waals surface area contributed by atoms with Crippen LogP contribution in [0.2, 0.25) is 0 Å². The summed E-state index contributed by atoms with van der Waals surface area (Å²) in [5, 5.41) is 0. The summed E-state index contributed by atoms with van der Waals surface area (Å²) in [5.41, 5.74) is 8.22. The van der Waals surface area contributed by atoms with Gasteiger partial charge in [0.15, 0.2) is 0 Å². The molecule has 2 N–H and O–H groups in total. The smallest absolute Gasteiger partial charge is 0.123 e. The van der Waals surface area contributed by atoms with Crippen LogP contribution in [0.15, 0.2) is 18.2 Å². The van der Waals surface area contributed by atoms with E-state index in [9.17, 15) is 4.39 Å². The molecule has 2 rings (SSSR count). The Morgan fingerprint density at radius 2 is 2.00 bits per heavy atom. The van der Waals surface area contributed by atoms with Gasteiger partial charge in [-0.15, -0.1) is 12.4 Å². The van der Waals surface area contributed by atoms with Crippen LogP contribution in [-0.4, -0.2) is 24.0 Å².